The van der Waals surface area contributed by atoms with Gasteiger partial charge in [-0.15, -0.1) is 11.3 Å². The van der Waals surface area contributed by atoms with Crippen LogP contribution in [-0.2, 0) is 17.8 Å². The molecule has 0 fully saturated rings. The summed E-state index contributed by atoms with van der Waals surface area (Å²) < 4.78 is 0.801. The van der Waals surface area contributed by atoms with Crippen molar-refractivity contribution in [3.63, 3.8) is 0 Å². The summed E-state index contributed by atoms with van der Waals surface area (Å²) in [5.41, 5.74) is 3.77. The quantitative estimate of drug-likeness (QED) is 0.776. The van der Waals surface area contributed by atoms with Gasteiger partial charge in [0, 0.05) is 19.0 Å². The Balaban J connectivity index is 2.33. The van der Waals surface area contributed by atoms with Crippen LogP contribution in [-0.4, -0.2) is 27.6 Å². The standard InChI is InChI=1S/C12H14N2O3S/c1-7(16)13-3-2-8-4-10(17)11-12(9(8)5-15)18-6-14-11/h4,6,15,17H,2-3,5H2,1H3,(H,13,16). The van der Waals surface area contributed by atoms with Crippen molar-refractivity contribution in [3.05, 3.63) is 22.7 Å². The van der Waals surface area contributed by atoms with Gasteiger partial charge in [0.25, 0.3) is 0 Å². The highest BCUT2D eigenvalue weighted by atomic mass is 32.1. The number of carbonyl (C=O) groups is 1. The van der Waals surface area contributed by atoms with Crippen LogP contribution >= 0.6 is 11.3 Å². The highest BCUT2D eigenvalue weighted by molar-refractivity contribution is 7.17. The molecule has 6 heteroatoms. The fraction of sp³-hybridized carbons (Fsp3) is 0.333. The lowest BCUT2D eigenvalue weighted by molar-refractivity contribution is -0.118. The Labute approximate surface area is 108 Å². The maximum atomic E-state index is 10.8. The minimum Gasteiger partial charge on any atom is -0.506 e. The first kappa shape index (κ1) is 12.8. The lowest BCUT2D eigenvalue weighted by Gasteiger charge is -2.10. The maximum absolute atomic E-state index is 10.8. The van der Waals surface area contributed by atoms with Crippen LogP contribution in [0.15, 0.2) is 11.6 Å². The number of phenolic OH excluding ortho intramolecular Hbond substituents is 1. The SMILES string of the molecule is CC(=O)NCCc1cc(O)c2ncsc2c1CO. The lowest BCUT2D eigenvalue weighted by Crippen LogP contribution is -2.22. The summed E-state index contributed by atoms with van der Waals surface area (Å²) in [6.45, 7) is 1.83. The number of carbonyl (C=O) groups excluding carboxylic acids is 1. The third kappa shape index (κ3) is 2.44. The van der Waals surface area contributed by atoms with Crippen LogP contribution < -0.4 is 5.32 Å². The minimum atomic E-state index is -0.103. The van der Waals surface area contributed by atoms with Crippen LogP contribution in [0.4, 0.5) is 0 Å². The lowest BCUT2D eigenvalue weighted by atomic mass is 10.0. The van der Waals surface area contributed by atoms with Gasteiger partial charge in [-0.25, -0.2) is 4.98 Å². The molecule has 1 amide bonds. The molecule has 0 aliphatic carbocycles. The minimum absolute atomic E-state index is 0.0939. The Hall–Kier alpha value is -1.66. The van der Waals surface area contributed by atoms with Crippen molar-refractivity contribution in [1.82, 2.24) is 10.3 Å². The third-order valence-electron chi connectivity index (χ3n) is 2.71. The molecule has 0 radical (unpaired) electrons. The summed E-state index contributed by atoms with van der Waals surface area (Å²) in [6.07, 6.45) is 0.566. The van der Waals surface area contributed by atoms with E-state index in [1.165, 1.54) is 18.3 Å². The first-order chi connectivity index (χ1) is 8.63. The number of aromatic hydroxyl groups is 1. The molecule has 0 aliphatic rings. The molecular formula is C12H14N2O3S. The monoisotopic (exact) mass is 266 g/mol. The summed E-state index contributed by atoms with van der Waals surface area (Å²) in [5.74, 6) is 0.0184. The van der Waals surface area contributed by atoms with Crippen molar-refractivity contribution in [2.45, 2.75) is 20.0 Å². The van der Waals surface area contributed by atoms with Crippen LogP contribution in [0, 0.1) is 0 Å². The number of aliphatic hydroxyl groups excluding tert-OH is 1. The number of hydrogen-bond donors (Lipinski definition) is 3. The van der Waals surface area contributed by atoms with Gasteiger partial charge in [0.1, 0.15) is 11.3 Å². The van der Waals surface area contributed by atoms with E-state index in [9.17, 15) is 15.0 Å². The molecule has 0 atom stereocenters. The van der Waals surface area contributed by atoms with Gasteiger partial charge in [0.05, 0.1) is 16.8 Å². The Morgan fingerprint density at radius 2 is 2.33 bits per heavy atom. The highest BCUT2D eigenvalue weighted by Gasteiger charge is 2.13. The molecule has 18 heavy (non-hydrogen) atoms. The molecule has 5 nitrogen and oxygen atoms in total. The topological polar surface area (TPSA) is 82.5 Å². The van der Waals surface area contributed by atoms with E-state index in [4.69, 9.17) is 0 Å². The van der Waals surface area contributed by atoms with Crippen molar-refractivity contribution in [1.29, 1.82) is 0 Å². The predicted molar refractivity (Wildman–Crippen MR) is 69.6 cm³/mol. The van der Waals surface area contributed by atoms with E-state index in [0.29, 0.717) is 18.5 Å². The molecule has 0 aliphatic heterocycles. The Bertz CT molecular complexity index is 580. The molecule has 0 saturated carbocycles. The van der Waals surface area contributed by atoms with E-state index >= 15 is 0 Å². The molecule has 0 unspecified atom stereocenters. The van der Waals surface area contributed by atoms with Crippen molar-refractivity contribution in [3.8, 4) is 5.75 Å². The molecule has 0 saturated heterocycles. The Morgan fingerprint density at radius 1 is 1.56 bits per heavy atom. The van der Waals surface area contributed by atoms with Gasteiger partial charge in [0.15, 0.2) is 0 Å². The summed E-state index contributed by atoms with van der Waals surface area (Å²) in [6, 6.07) is 1.61. The summed E-state index contributed by atoms with van der Waals surface area (Å²) in [7, 11) is 0. The molecule has 2 rings (SSSR count). The number of phenols is 1. The van der Waals surface area contributed by atoms with Crippen LogP contribution in [0.5, 0.6) is 5.75 Å². The predicted octanol–water partition coefficient (Wildman–Crippen LogP) is 1.17. The molecule has 1 aromatic carbocycles. The molecular weight excluding hydrogens is 252 g/mol. The van der Waals surface area contributed by atoms with Crippen molar-refractivity contribution in [2.75, 3.05) is 6.54 Å². The van der Waals surface area contributed by atoms with Crippen molar-refractivity contribution < 1.29 is 15.0 Å². The van der Waals surface area contributed by atoms with Crippen LogP contribution in [0.2, 0.25) is 0 Å². The van der Waals surface area contributed by atoms with Gasteiger partial charge < -0.3 is 15.5 Å². The van der Waals surface area contributed by atoms with Gasteiger partial charge >= 0.3 is 0 Å². The molecule has 1 aromatic heterocycles. The Kier molecular flexibility index (Phi) is 3.78. The number of nitrogens with zero attached hydrogens (tertiary/aromatic N) is 1. The second-order valence-corrected chi connectivity index (χ2v) is 4.81. The second kappa shape index (κ2) is 5.32. The number of benzene rings is 1. The van der Waals surface area contributed by atoms with E-state index in [2.05, 4.69) is 10.3 Å². The van der Waals surface area contributed by atoms with Gasteiger partial charge in [-0.3, -0.25) is 4.79 Å². The Morgan fingerprint density at radius 3 is 3.00 bits per heavy atom. The summed E-state index contributed by atoms with van der Waals surface area (Å²) in [5, 5.41) is 22.0. The van der Waals surface area contributed by atoms with Gasteiger partial charge in [-0.1, -0.05) is 0 Å². The number of nitrogens with one attached hydrogen (secondary N) is 1. The zero-order chi connectivity index (χ0) is 13.1. The molecule has 0 bridgehead atoms. The van der Waals surface area contributed by atoms with E-state index < -0.39 is 0 Å². The smallest absolute Gasteiger partial charge is 0.216 e. The van der Waals surface area contributed by atoms with Gasteiger partial charge in [-0.05, 0) is 18.1 Å². The first-order valence-corrected chi connectivity index (χ1v) is 6.43. The van der Waals surface area contributed by atoms with Crippen LogP contribution in [0.3, 0.4) is 0 Å². The van der Waals surface area contributed by atoms with E-state index in [0.717, 1.165) is 15.8 Å². The summed E-state index contributed by atoms with van der Waals surface area (Å²) >= 11 is 1.39. The average Bonchev–Trinajstić information content (AvgIpc) is 2.78. The maximum Gasteiger partial charge on any atom is 0.216 e. The van der Waals surface area contributed by atoms with Crippen LogP contribution in [0.25, 0.3) is 10.2 Å². The van der Waals surface area contributed by atoms with E-state index in [1.54, 1.807) is 11.6 Å². The zero-order valence-corrected chi connectivity index (χ0v) is 10.8. The summed E-state index contributed by atoms with van der Waals surface area (Å²) in [4.78, 5) is 14.9. The fourth-order valence-corrected chi connectivity index (χ4v) is 2.75. The van der Waals surface area contributed by atoms with Crippen molar-refractivity contribution >= 4 is 27.5 Å². The van der Waals surface area contributed by atoms with Crippen LogP contribution in [0.1, 0.15) is 18.1 Å². The zero-order valence-electron chi connectivity index (χ0n) is 9.93. The normalized spacial score (nSPS) is 10.8. The number of hydrogen-bond acceptors (Lipinski definition) is 5. The van der Waals surface area contributed by atoms with E-state index in [1.807, 2.05) is 0 Å². The number of aliphatic hydroxyl groups is 1. The van der Waals surface area contributed by atoms with E-state index in [-0.39, 0.29) is 18.3 Å². The number of rotatable bonds is 4. The number of amides is 1. The fourth-order valence-electron chi connectivity index (χ4n) is 1.88. The number of thiazole rings is 1. The molecule has 3 N–H and O–H groups in total. The molecule has 1 heterocycles. The van der Waals surface area contributed by atoms with Gasteiger partial charge in [0.2, 0.25) is 5.91 Å². The second-order valence-electron chi connectivity index (χ2n) is 3.95. The molecule has 96 valence electrons. The first-order valence-electron chi connectivity index (χ1n) is 5.55. The number of aromatic nitrogens is 1. The highest BCUT2D eigenvalue weighted by Crippen LogP contribution is 2.32. The van der Waals surface area contributed by atoms with Gasteiger partial charge in [-0.2, -0.15) is 0 Å². The number of fused-ring (bicyclic) bond motifs is 1. The third-order valence-corrected chi connectivity index (χ3v) is 3.60. The van der Waals surface area contributed by atoms with Crippen molar-refractivity contribution in [2.24, 2.45) is 0 Å². The molecule has 0 spiro atoms. The molecule has 2 aromatic rings. The average molecular weight is 266 g/mol. The largest absolute Gasteiger partial charge is 0.506 e.